The lowest BCUT2D eigenvalue weighted by Crippen LogP contribution is -1.87. The van der Waals surface area contributed by atoms with Crippen LogP contribution in [-0.2, 0) is 0 Å². The van der Waals surface area contributed by atoms with E-state index in [9.17, 15) is 15.4 Å². The maximum Gasteiger partial charge on any atom is 0.269 e. The Morgan fingerprint density at radius 1 is 1.14 bits per heavy atom. The van der Waals surface area contributed by atoms with Crippen molar-refractivity contribution in [2.24, 2.45) is 0 Å². The normalized spacial score (nSPS) is 11.0. The van der Waals surface area contributed by atoms with Gasteiger partial charge in [0.15, 0.2) is 0 Å². The topological polar surface area (TPSA) is 66.9 Å². The summed E-state index contributed by atoms with van der Waals surface area (Å²) in [7, 11) is 0. The van der Waals surface area contributed by atoms with Crippen molar-refractivity contribution in [3.63, 3.8) is 0 Å². The SMILES string of the molecule is N#C/C(=C\c1ccc([N+](=O)[O-])cc1)c1ccc(Cl)c(Cl)c1. The minimum absolute atomic E-state index is 0.000181. The minimum Gasteiger partial charge on any atom is -0.258 e. The van der Waals surface area contributed by atoms with Gasteiger partial charge in [-0.1, -0.05) is 29.3 Å². The molecule has 104 valence electrons. The zero-order valence-electron chi connectivity index (χ0n) is 10.6. The van der Waals surface area contributed by atoms with E-state index in [1.165, 1.54) is 12.1 Å². The fourth-order valence-corrected chi connectivity index (χ4v) is 2.00. The number of benzene rings is 2. The molecule has 4 nitrogen and oxygen atoms in total. The molecule has 0 aliphatic rings. The monoisotopic (exact) mass is 318 g/mol. The average molecular weight is 319 g/mol. The summed E-state index contributed by atoms with van der Waals surface area (Å²) < 4.78 is 0. The molecule has 0 aliphatic heterocycles. The van der Waals surface area contributed by atoms with Gasteiger partial charge in [0.1, 0.15) is 0 Å². The summed E-state index contributed by atoms with van der Waals surface area (Å²) >= 11 is 11.8. The smallest absolute Gasteiger partial charge is 0.258 e. The van der Waals surface area contributed by atoms with Crippen LogP contribution in [0.2, 0.25) is 10.0 Å². The largest absolute Gasteiger partial charge is 0.269 e. The molecule has 0 unspecified atom stereocenters. The molecule has 0 bridgehead atoms. The fraction of sp³-hybridized carbons (Fsp3) is 0. The molecule has 6 heteroatoms. The highest BCUT2D eigenvalue weighted by atomic mass is 35.5. The van der Waals surface area contributed by atoms with Crippen molar-refractivity contribution in [1.82, 2.24) is 0 Å². The Morgan fingerprint density at radius 2 is 1.81 bits per heavy atom. The van der Waals surface area contributed by atoms with E-state index in [1.54, 1.807) is 36.4 Å². The maximum absolute atomic E-state index is 10.6. The van der Waals surface area contributed by atoms with Crippen LogP contribution in [0.25, 0.3) is 11.6 Å². The van der Waals surface area contributed by atoms with Crippen LogP contribution < -0.4 is 0 Å². The summed E-state index contributed by atoms with van der Waals surface area (Å²) in [5.41, 5.74) is 1.70. The van der Waals surface area contributed by atoms with Crippen molar-refractivity contribution in [3.05, 3.63) is 73.8 Å². The lowest BCUT2D eigenvalue weighted by atomic mass is 10.0. The summed E-state index contributed by atoms with van der Waals surface area (Å²) in [6.07, 6.45) is 1.63. The summed E-state index contributed by atoms with van der Waals surface area (Å²) in [5, 5.41) is 20.6. The van der Waals surface area contributed by atoms with Crippen LogP contribution in [0.15, 0.2) is 42.5 Å². The van der Waals surface area contributed by atoms with E-state index in [4.69, 9.17) is 23.2 Å². The van der Waals surface area contributed by atoms with Gasteiger partial charge < -0.3 is 0 Å². The van der Waals surface area contributed by atoms with E-state index in [2.05, 4.69) is 6.07 Å². The Balaban J connectivity index is 2.38. The molecule has 2 aromatic rings. The first kappa shape index (κ1) is 15.0. The first-order valence-electron chi connectivity index (χ1n) is 5.83. The van der Waals surface area contributed by atoms with Crippen molar-refractivity contribution >= 4 is 40.5 Å². The zero-order chi connectivity index (χ0) is 15.4. The number of nitro groups is 1. The number of non-ortho nitro benzene ring substituents is 1. The number of hydrogen-bond acceptors (Lipinski definition) is 3. The Hall–Kier alpha value is -2.35. The predicted octanol–water partition coefficient (Wildman–Crippen LogP) is 4.97. The van der Waals surface area contributed by atoms with Gasteiger partial charge in [-0.25, -0.2) is 0 Å². The molecule has 0 fully saturated rings. The summed E-state index contributed by atoms with van der Waals surface area (Å²) in [4.78, 5) is 10.1. The van der Waals surface area contributed by atoms with Crippen LogP contribution in [0.1, 0.15) is 11.1 Å². The van der Waals surface area contributed by atoms with Crippen molar-refractivity contribution in [3.8, 4) is 6.07 Å². The second kappa shape index (κ2) is 6.40. The summed E-state index contributed by atoms with van der Waals surface area (Å²) in [6, 6.07) is 12.9. The van der Waals surface area contributed by atoms with E-state index in [1.807, 2.05) is 0 Å². The molecule has 0 spiro atoms. The van der Waals surface area contributed by atoms with Gasteiger partial charge in [0.25, 0.3) is 5.69 Å². The van der Waals surface area contributed by atoms with Crippen molar-refractivity contribution in [2.75, 3.05) is 0 Å². The minimum atomic E-state index is -0.475. The molecule has 0 amide bonds. The Kier molecular flexibility index (Phi) is 4.59. The molecule has 0 aliphatic carbocycles. The van der Waals surface area contributed by atoms with Gasteiger partial charge >= 0.3 is 0 Å². The zero-order valence-corrected chi connectivity index (χ0v) is 12.1. The highest BCUT2D eigenvalue weighted by molar-refractivity contribution is 6.42. The quantitative estimate of drug-likeness (QED) is 0.347. The third-order valence-electron chi connectivity index (χ3n) is 2.77. The second-order valence-corrected chi connectivity index (χ2v) is 4.96. The first-order chi connectivity index (χ1) is 10.0. The number of rotatable bonds is 3. The van der Waals surface area contributed by atoms with Crippen LogP contribution in [-0.4, -0.2) is 4.92 Å². The standard InChI is InChI=1S/C15H8Cl2N2O2/c16-14-6-3-11(8-15(14)17)12(9-18)7-10-1-4-13(5-2-10)19(20)21/h1-8H/b12-7+. The first-order valence-corrected chi connectivity index (χ1v) is 6.58. The molecule has 2 aromatic carbocycles. The number of nitrogens with zero attached hydrogens (tertiary/aromatic N) is 2. The number of allylic oxidation sites excluding steroid dienone is 1. The second-order valence-electron chi connectivity index (χ2n) is 4.15. The molecule has 0 atom stereocenters. The Labute approximate surface area is 131 Å². The molecule has 0 heterocycles. The fourth-order valence-electron chi connectivity index (χ4n) is 1.70. The molecule has 0 radical (unpaired) electrons. The molecule has 2 rings (SSSR count). The number of nitriles is 1. The van der Waals surface area contributed by atoms with Crippen LogP contribution in [0, 0.1) is 21.4 Å². The molecule has 0 saturated heterocycles. The third-order valence-corrected chi connectivity index (χ3v) is 3.50. The molecule has 0 saturated carbocycles. The lowest BCUT2D eigenvalue weighted by molar-refractivity contribution is -0.384. The molecular formula is C15H8Cl2N2O2. The van der Waals surface area contributed by atoms with Gasteiger partial charge in [0.2, 0.25) is 0 Å². The van der Waals surface area contributed by atoms with Gasteiger partial charge in [-0.05, 0) is 41.5 Å². The van der Waals surface area contributed by atoms with E-state index in [0.29, 0.717) is 26.7 Å². The molecule has 0 aromatic heterocycles. The average Bonchev–Trinajstić information content (AvgIpc) is 2.48. The van der Waals surface area contributed by atoms with E-state index < -0.39 is 4.92 Å². The number of halogens is 2. The van der Waals surface area contributed by atoms with E-state index in [-0.39, 0.29) is 5.69 Å². The molecule has 0 N–H and O–H groups in total. The number of nitro benzene ring substituents is 1. The van der Waals surface area contributed by atoms with Crippen molar-refractivity contribution in [1.29, 1.82) is 5.26 Å². The van der Waals surface area contributed by atoms with Crippen molar-refractivity contribution < 1.29 is 4.92 Å². The van der Waals surface area contributed by atoms with Crippen LogP contribution >= 0.6 is 23.2 Å². The Bertz CT molecular complexity index is 762. The summed E-state index contributed by atoms with van der Waals surface area (Å²) in [6.45, 7) is 0. The van der Waals surface area contributed by atoms with Gasteiger partial charge in [-0.15, -0.1) is 0 Å². The molecule has 21 heavy (non-hydrogen) atoms. The van der Waals surface area contributed by atoms with Crippen LogP contribution in [0.5, 0.6) is 0 Å². The van der Waals surface area contributed by atoms with Crippen LogP contribution in [0.3, 0.4) is 0 Å². The Morgan fingerprint density at radius 3 is 2.33 bits per heavy atom. The van der Waals surface area contributed by atoms with E-state index >= 15 is 0 Å². The third kappa shape index (κ3) is 3.60. The predicted molar refractivity (Wildman–Crippen MR) is 83.0 cm³/mol. The van der Waals surface area contributed by atoms with Gasteiger partial charge in [-0.2, -0.15) is 5.26 Å². The van der Waals surface area contributed by atoms with Gasteiger partial charge in [0.05, 0.1) is 26.6 Å². The number of hydrogen-bond donors (Lipinski definition) is 0. The highest BCUT2D eigenvalue weighted by Crippen LogP contribution is 2.27. The highest BCUT2D eigenvalue weighted by Gasteiger charge is 2.06. The van der Waals surface area contributed by atoms with Gasteiger partial charge in [-0.3, -0.25) is 10.1 Å². The van der Waals surface area contributed by atoms with Gasteiger partial charge in [0, 0.05) is 12.1 Å². The maximum atomic E-state index is 10.6. The summed E-state index contributed by atoms with van der Waals surface area (Å²) in [5.74, 6) is 0. The van der Waals surface area contributed by atoms with Crippen molar-refractivity contribution in [2.45, 2.75) is 0 Å². The van der Waals surface area contributed by atoms with E-state index in [0.717, 1.165) is 0 Å². The lowest BCUT2D eigenvalue weighted by Gasteiger charge is -2.02. The molecular weight excluding hydrogens is 311 g/mol. The van der Waals surface area contributed by atoms with Crippen LogP contribution in [0.4, 0.5) is 5.69 Å².